The van der Waals surface area contributed by atoms with Gasteiger partial charge in [0.05, 0.1) is 22.3 Å². The lowest BCUT2D eigenvalue weighted by Crippen LogP contribution is -2.26. The van der Waals surface area contributed by atoms with Gasteiger partial charge in [-0.3, -0.25) is 0 Å². The highest BCUT2D eigenvalue weighted by molar-refractivity contribution is 7.92. The van der Waals surface area contributed by atoms with E-state index in [0.29, 0.717) is 16.9 Å². The molecule has 1 spiro atoms. The average Bonchev–Trinajstić information content (AvgIpc) is 3.99. The van der Waals surface area contributed by atoms with Crippen molar-refractivity contribution in [2.75, 3.05) is 6.61 Å². The Kier molecular flexibility index (Phi) is 8.21. The first-order valence-electron chi connectivity index (χ1n) is 16.5. The molecule has 4 aliphatic rings. The second-order valence-corrected chi connectivity index (χ2v) is 15.5. The number of sulfone groups is 1. The minimum absolute atomic E-state index is 0.203. The van der Waals surface area contributed by atoms with Crippen LogP contribution in [0.3, 0.4) is 0 Å². The highest BCUT2D eigenvalue weighted by atomic mass is 32.2. The number of esters is 1. The van der Waals surface area contributed by atoms with E-state index in [2.05, 4.69) is 24.3 Å². The average molecular weight is 627 g/mol. The molecule has 45 heavy (non-hydrogen) atoms. The van der Waals surface area contributed by atoms with Crippen LogP contribution in [0.5, 0.6) is 0 Å². The molecule has 3 aromatic rings. The molecular formula is C38H42O6S. The van der Waals surface area contributed by atoms with Gasteiger partial charge >= 0.3 is 5.97 Å². The van der Waals surface area contributed by atoms with Gasteiger partial charge in [-0.2, -0.15) is 0 Å². The van der Waals surface area contributed by atoms with Crippen molar-refractivity contribution < 1.29 is 27.4 Å². The Morgan fingerprint density at radius 2 is 1.49 bits per heavy atom. The van der Waals surface area contributed by atoms with E-state index in [0.717, 1.165) is 72.8 Å². The lowest BCUT2D eigenvalue weighted by molar-refractivity contribution is -0.172. The SMILES string of the molecule is CCOC(=O)/C(=C(\C)C[C@H]1CCC2(C1)O[C@H](c1ccccc1)[C@@H](c1ccccc1)O2)c1ccc(S(=O)(=O)C2CC2)c(C2CC2)c1. The number of allylic oxidation sites excluding steroid dienone is 1. The summed E-state index contributed by atoms with van der Waals surface area (Å²) in [4.78, 5) is 13.9. The van der Waals surface area contributed by atoms with Crippen LogP contribution < -0.4 is 0 Å². The number of carbonyl (C=O) groups excluding carboxylic acids is 1. The fourth-order valence-corrected chi connectivity index (χ4v) is 9.28. The number of ether oxygens (including phenoxy) is 3. The minimum atomic E-state index is -3.34. The van der Waals surface area contributed by atoms with Crippen molar-refractivity contribution in [3.05, 3.63) is 107 Å². The van der Waals surface area contributed by atoms with Crippen molar-refractivity contribution in [2.45, 2.75) is 99.3 Å². The molecule has 1 aliphatic heterocycles. The molecule has 4 fully saturated rings. The van der Waals surface area contributed by atoms with E-state index in [1.165, 1.54) is 0 Å². The first-order valence-corrected chi connectivity index (χ1v) is 18.0. The lowest BCUT2D eigenvalue weighted by Gasteiger charge is -2.23. The molecule has 0 aromatic heterocycles. The van der Waals surface area contributed by atoms with Crippen molar-refractivity contribution in [2.24, 2.45) is 5.92 Å². The van der Waals surface area contributed by atoms with Crippen LogP contribution in [-0.4, -0.2) is 32.0 Å². The molecule has 6 nitrogen and oxygen atoms in total. The number of rotatable bonds is 10. The fourth-order valence-electron chi connectivity index (χ4n) is 7.35. The zero-order chi connectivity index (χ0) is 31.2. The molecule has 0 bridgehead atoms. The van der Waals surface area contributed by atoms with E-state index in [1.807, 2.05) is 62.4 Å². The third-order valence-electron chi connectivity index (χ3n) is 9.83. The van der Waals surface area contributed by atoms with Crippen molar-refractivity contribution in [1.82, 2.24) is 0 Å². The van der Waals surface area contributed by atoms with Gasteiger partial charge in [-0.25, -0.2) is 13.2 Å². The summed E-state index contributed by atoms with van der Waals surface area (Å²) in [6.07, 6.45) is 6.16. The van der Waals surface area contributed by atoms with E-state index in [-0.39, 0.29) is 41.9 Å². The predicted molar refractivity (Wildman–Crippen MR) is 173 cm³/mol. The van der Waals surface area contributed by atoms with E-state index >= 15 is 0 Å². The van der Waals surface area contributed by atoms with Crippen LogP contribution in [0.15, 0.2) is 89.3 Å². The van der Waals surface area contributed by atoms with Gasteiger partial charge in [0.2, 0.25) is 0 Å². The van der Waals surface area contributed by atoms with Crippen LogP contribution in [0.2, 0.25) is 0 Å². The third kappa shape index (κ3) is 6.15. The molecule has 1 saturated heterocycles. The highest BCUT2D eigenvalue weighted by Gasteiger charge is 2.52. The Balaban J connectivity index is 1.16. The van der Waals surface area contributed by atoms with E-state index in [1.54, 1.807) is 6.07 Å². The van der Waals surface area contributed by atoms with Crippen molar-refractivity contribution in [3.8, 4) is 0 Å². The Morgan fingerprint density at radius 1 is 0.867 bits per heavy atom. The summed E-state index contributed by atoms with van der Waals surface area (Å²) in [5.74, 6) is -0.547. The van der Waals surface area contributed by atoms with E-state index < -0.39 is 15.6 Å². The largest absolute Gasteiger partial charge is 0.462 e. The summed E-state index contributed by atoms with van der Waals surface area (Å²) in [5.41, 5.74) is 5.31. The molecule has 7 rings (SSSR count). The van der Waals surface area contributed by atoms with Gasteiger partial charge in [0, 0.05) is 12.8 Å². The normalized spacial score (nSPS) is 24.9. The van der Waals surface area contributed by atoms with Crippen molar-refractivity contribution >= 4 is 21.4 Å². The number of hydrogen-bond acceptors (Lipinski definition) is 6. The van der Waals surface area contributed by atoms with Crippen LogP contribution in [0.4, 0.5) is 0 Å². The van der Waals surface area contributed by atoms with Crippen LogP contribution in [0.1, 0.15) is 106 Å². The number of benzene rings is 3. The maximum Gasteiger partial charge on any atom is 0.338 e. The number of hydrogen-bond donors (Lipinski definition) is 0. The van der Waals surface area contributed by atoms with Gasteiger partial charge in [-0.05, 0) is 98.6 Å². The minimum Gasteiger partial charge on any atom is -0.462 e. The summed E-state index contributed by atoms with van der Waals surface area (Å²) in [6, 6.07) is 26.1. The van der Waals surface area contributed by atoms with Gasteiger partial charge in [-0.1, -0.05) is 72.3 Å². The molecule has 236 valence electrons. The van der Waals surface area contributed by atoms with Gasteiger partial charge in [0.15, 0.2) is 15.6 Å². The summed E-state index contributed by atoms with van der Waals surface area (Å²) in [7, 11) is -3.34. The molecule has 7 heteroatoms. The third-order valence-corrected chi connectivity index (χ3v) is 12.2. The zero-order valence-corrected chi connectivity index (χ0v) is 26.9. The number of carbonyl (C=O) groups is 1. The Morgan fingerprint density at radius 3 is 2.04 bits per heavy atom. The molecule has 3 atom stereocenters. The quantitative estimate of drug-likeness (QED) is 0.167. The predicted octanol–water partition coefficient (Wildman–Crippen LogP) is 8.25. The summed E-state index contributed by atoms with van der Waals surface area (Å²) >= 11 is 0. The topological polar surface area (TPSA) is 78.9 Å². The second-order valence-electron chi connectivity index (χ2n) is 13.3. The fraction of sp³-hybridized carbons (Fsp3) is 0.447. The lowest BCUT2D eigenvalue weighted by atomic mass is 9.91. The monoisotopic (exact) mass is 626 g/mol. The molecule has 0 radical (unpaired) electrons. The first-order chi connectivity index (χ1) is 21.8. The molecule has 0 unspecified atom stereocenters. The zero-order valence-electron chi connectivity index (χ0n) is 26.1. The second kappa shape index (κ2) is 12.2. The van der Waals surface area contributed by atoms with Gasteiger partial charge < -0.3 is 14.2 Å². The summed E-state index contributed by atoms with van der Waals surface area (Å²) in [5, 5.41) is -0.264. The van der Waals surface area contributed by atoms with Crippen LogP contribution >= 0.6 is 0 Å². The van der Waals surface area contributed by atoms with E-state index in [4.69, 9.17) is 14.2 Å². The molecule has 1 heterocycles. The maximum atomic E-state index is 13.5. The molecule has 0 amide bonds. The molecular weight excluding hydrogens is 584 g/mol. The standard InChI is InChI=1S/C38H42O6S/c1-3-42-37(39)34(30-16-19-33(32(23-30)27-14-15-27)45(40,41)31-17-18-31)25(2)22-26-20-21-38(24-26)43-35(28-10-6-4-7-11-28)36(44-38)29-12-8-5-9-13-29/h4-13,16,19,23,26-27,31,35-36H,3,14-15,17-18,20-22,24H2,1-2H3/b34-25+/t26-,35-,36-/m1/s1. The van der Waals surface area contributed by atoms with Crippen molar-refractivity contribution in [1.29, 1.82) is 0 Å². The smallest absolute Gasteiger partial charge is 0.338 e. The van der Waals surface area contributed by atoms with Gasteiger partial charge in [0.1, 0.15) is 12.2 Å². The van der Waals surface area contributed by atoms with Gasteiger partial charge in [-0.15, -0.1) is 0 Å². The first kappa shape index (κ1) is 30.4. The summed E-state index contributed by atoms with van der Waals surface area (Å²) in [6.45, 7) is 4.10. The molecule has 3 saturated carbocycles. The molecule has 3 aliphatic carbocycles. The van der Waals surface area contributed by atoms with Crippen molar-refractivity contribution in [3.63, 3.8) is 0 Å². The van der Waals surface area contributed by atoms with Gasteiger partial charge in [0.25, 0.3) is 0 Å². The maximum absolute atomic E-state index is 13.5. The van der Waals surface area contributed by atoms with E-state index in [9.17, 15) is 13.2 Å². The van der Waals surface area contributed by atoms with Crippen LogP contribution in [0, 0.1) is 5.92 Å². The molecule has 3 aromatic carbocycles. The molecule has 0 N–H and O–H groups in total. The summed E-state index contributed by atoms with van der Waals surface area (Å²) < 4.78 is 45.7. The van der Waals surface area contributed by atoms with Crippen LogP contribution in [-0.2, 0) is 28.8 Å². The highest BCUT2D eigenvalue weighted by Crippen LogP contribution is 2.55. The Bertz CT molecular complexity index is 1640. The Labute approximate surface area is 266 Å². The van der Waals surface area contributed by atoms with Crippen LogP contribution in [0.25, 0.3) is 5.57 Å². The Hall–Kier alpha value is -3.26.